The maximum Gasteiger partial charge on any atom is 0.337 e. The van der Waals surface area contributed by atoms with E-state index in [2.05, 4.69) is 17.4 Å². The molecule has 3 aromatic carbocycles. The molecule has 144 valence electrons. The number of nitro benzene ring substituents is 1. The molecule has 1 aliphatic carbocycles. The van der Waals surface area contributed by atoms with Gasteiger partial charge >= 0.3 is 5.97 Å². The standard InChI is InChI=1S/C23H18N2O4/c26-23(27)17-10-5-9-16-20-14-7-2-1-6-13(14)12-18(20)21(24-22(16)17)15-8-3-4-11-19(15)25(28)29/h1-11,18,20-21,24H,12H2,(H,26,27)/t18-,20-,21-/m0/s1. The van der Waals surface area contributed by atoms with E-state index < -0.39 is 5.97 Å². The smallest absolute Gasteiger partial charge is 0.337 e. The molecule has 5 rings (SSSR count). The number of nitrogens with zero attached hydrogens (tertiary/aromatic N) is 1. The van der Waals surface area contributed by atoms with Crippen LogP contribution in [0.5, 0.6) is 0 Å². The van der Waals surface area contributed by atoms with E-state index in [9.17, 15) is 20.0 Å². The lowest BCUT2D eigenvalue weighted by Gasteiger charge is -2.38. The van der Waals surface area contributed by atoms with Gasteiger partial charge in [-0.25, -0.2) is 4.79 Å². The predicted molar refractivity (Wildman–Crippen MR) is 108 cm³/mol. The Morgan fingerprint density at radius 2 is 1.66 bits per heavy atom. The Balaban J connectivity index is 1.75. The van der Waals surface area contributed by atoms with Crippen molar-refractivity contribution in [2.24, 2.45) is 5.92 Å². The summed E-state index contributed by atoms with van der Waals surface area (Å²) in [6.07, 6.45) is 0.779. The summed E-state index contributed by atoms with van der Waals surface area (Å²) in [7, 11) is 0. The number of aromatic carboxylic acids is 1. The molecule has 0 spiro atoms. The van der Waals surface area contributed by atoms with Gasteiger partial charge in [-0.05, 0) is 35.1 Å². The Kier molecular flexibility index (Phi) is 3.87. The summed E-state index contributed by atoms with van der Waals surface area (Å²) in [6, 6.07) is 19.8. The minimum absolute atomic E-state index is 0.00781. The number of hydrogen-bond acceptors (Lipinski definition) is 4. The molecule has 0 unspecified atom stereocenters. The van der Waals surface area contributed by atoms with Crippen LogP contribution in [-0.4, -0.2) is 16.0 Å². The number of benzene rings is 3. The van der Waals surface area contributed by atoms with E-state index in [0.717, 1.165) is 12.0 Å². The molecule has 1 heterocycles. The number of fused-ring (bicyclic) bond motifs is 5. The lowest BCUT2D eigenvalue weighted by atomic mass is 9.74. The lowest BCUT2D eigenvalue weighted by Crippen LogP contribution is -2.32. The lowest BCUT2D eigenvalue weighted by molar-refractivity contribution is -0.385. The summed E-state index contributed by atoms with van der Waals surface area (Å²) in [5, 5.41) is 24.8. The first-order valence-corrected chi connectivity index (χ1v) is 9.50. The molecule has 0 saturated heterocycles. The van der Waals surface area contributed by atoms with Gasteiger partial charge in [0.15, 0.2) is 0 Å². The molecule has 0 aromatic heterocycles. The van der Waals surface area contributed by atoms with Crippen LogP contribution in [0.4, 0.5) is 11.4 Å². The average molecular weight is 386 g/mol. The van der Waals surface area contributed by atoms with E-state index in [1.165, 1.54) is 17.2 Å². The number of carboxylic acid groups (broad SMARTS) is 1. The maximum absolute atomic E-state index is 11.9. The highest BCUT2D eigenvalue weighted by Gasteiger charge is 2.45. The second kappa shape index (κ2) is 6.44. The summed E-state index contributed by atoms with van der Waals surface area (Å²) in [5.41, 5.74) is 4.71. The van der Waals surface area contributed by atoms with Gasteiger partial charge in [-0.3, -0.25) is 10.1 Å². The Morgan fingerprint density at radius 1 is 0.966 bits per heavy atom. The van der Waals surface area contributed by atoms with Crippen molar-refractivity contribution in [3.8, 4) is 0 Å². The molecular formula is C23H18N2O4. The molecule has 0 bridgehead atoms. The van der Waals surface area contributed by atoms with Gasteiger partial charge in [0.2, 0.25) is 0 Å². The van der Waals surface area contributed by atoms with E-state index in [0.29, 0.717) is 11.3 Å². The fraction of sp³-hybridized carbons (Fsp3) is 0.174. The summed E-state index contributed by atoms with van der Waals surface area (Å²) in [4.78, 5) is 23.2. The number of anilines is 1. The molecule has 0 amide bonds. The molecule has 6 nitrogen and oxygen atoms in total. The first-order valence-electron chi connectivity index (χ1n) is 9.50. The van der Waals surface area contributed by atoms with Crippen molar-refractivity contribution in [3.63, 3.8) is 0 Å². The zero-order valence-corrected chi connectivity index (χ0v) is 15.4. The first kappa shape index (κ1) is 17.4. The zero-order valence-electron chi connectivity index (χ0n) is 15.4. The third-order valence-electron chi connectivity index (χ3n) is 6.13. The molecule has 0 fully saturated rings. The van der Waals surface area contributed by atoms with E-state index in [1.54, 1.807) is 30.3 Å². The number of carboxylic acids is 1. The van der Waals surface area contributed by atoms with Gasteiger partial charge < -0.3 is 10.4 Å². The van der Waals surface area contributed by atoms with Crippen molar-refractivity contribution in [3.05, 3.63) is 105 Å². The van der Waals surface area contributed by atoms with Gasteiger partial charge in [-0.2, -0.15) is 0 Å². The highest BCUT2D eigenvalue weighted by atomic mass is 16.6. The Bertz CT molecular complexity index is 1160. The van der Waals surface area contributed by atoms with Crippen LogP contribution in [-0.2, 0) is 6.42 Å². The van der Waals surface area contributed by atoms with Gasteiger partial charge in [0.1, 0.15) is 0 Å². The summed E-state index contributed by atoms with van der Waals surface area (Å²) in [6.45, 7) is 0. The van der Waals surface area contributed by atoms with Crippen LogP contribution in [0.2, 0.25) is 0 Å². The molecular weight excluding hydrogens is 368 g/mol. The second-order valence-corrected chi connectivity index (χ2v) is 7.56. The number of rotatable bonds is 3. The molecule has 3 aromatic rings. The average Bonchev–Trinajstić information content (AvgIpc) is 3.12. The largest absolute Gasteiger partial charge is 0.478 e. The quantitative estimate of drug-likeness (QED) is 0.500. The number of carbonyl (C=O) groups is 1. The molecule has 0 radical (unpaired) electrons. The molecule has 29 heavy (non-hydrogen) atoms. The van der Waals surface area contributed by atoms with E-state index in [4.69, 9.17) is 0 Å². The van der Waals surface area contributed by atoms with Crippen molar-refractivity contribution in [1.82, 2.24) is 0 Å². The normalized spacial score (nSPS) is 21.4. The first-order chi connectivity index (χ1) is 14.1. The van der Waals surface area contributed by atoms with Crippen molar-refractivity contribution < 1.29 is 14.8 Å². The number of nitro groups is 1. The predicted octanol–water partition coefficient (Wildman–Crippen LogP) is 4.76. The number of para-hydroxylation sites is 2. The fourth-order valence-corrected chi connectivity index (χ4v) is 4.99. The van der Waals surface area contributed by atoms with Crippen molar-refractivity contribution in [1.29, 1.82) is 0 Å². The Morgan fingerprint density at radius 3 is 2.41 bits per heavy atom. The highest BCUT2D eigenvalue weighted by molar-refractivity contribution is 5.96. The summed E-state index contributed by atoms with van der Waals surface area (Å²) >= 11 is 0. The van der Waals surface area contributed by atoms with Gasteiger partial charge in [0.05, 0.1) is 27.8 Å². The van der Waals surface area contributed by atoms with Crippen LogP contribution < -0.4 is 5.32 Å². The van der Waals surface area contributed by atoms with Gasteiger partial charge in [-0.15, -0.1) is 0 Å². The Hall–Kier alpha value is -3.67. The highest BCUT2D eigenvalue weighted by Crippen LogP contribution is 2.55. The molecule has 3 atom stereocenters. The van der Waals surface area contributed by atoms with Gasteiger partial charge in [-0.1, -0.05) is 54.6 Å². The number of hydrogen-bond donors (Lipinski definition) is 2. The van der Waals surface area contributed by atoms with Crippen LogP contribution >= 0.6 is 0 Å². The van der Waals surface area contributed by atoms with Crippen molar-refractivity contribution >= 4 is 17.3 Å². The van der Waals surface area contributed by atoms with Crippen LogP contribution in [0, 0.1) is 16.0 Å². The zero-order chi connectivity index (χ0) is 20.1. The molecule has 2 N–H and O–H groups in total. The summed E-state index contributed by atoms with van der Waals surface area (Å²) < 4.78 is 0. The molecule has 1 aliphatic heterocycles. The topological polar surface area (TPSA) is 92.5 Å². The third-order valence-corrected chi connectivity index (χ3v) is 6.13. The minimum atomic E-state index is -1.01. The maximum atomic E-state index is 11.9. The van der Waals surface area contributed by atoms with Gasteiger partial charge in [0.25, 0.3) is 5.69 Å². The summed E-state index contributed by atoms with van der Waals surface area (Å²) in [5.74, 6) is -0.961. The fourth-order valence-electron chi connectivity index (χ4n) is 4.99. The van der Waals surface area contributed by atoms with E-state index >= 15 is 0 Å². The molecule has 6 heteroatoms. The molecule has 2 aliphatic rings. The minimum Gasteiger partial charge on any atom is -0.478 e. The van der Waals surface area contributed by atoms with Crippen LogP contribution in [0.1, 0.15) is 44.6 Å². The van der Waals surface area contributed by atoms with E-state index in [-0.39, 0.29) is 34.1 Å². The SMILES string of the molecule is O=C(O)c1cccc2c1N[C@@H](c1ccccc1[N+](=O)[O-])[C@H]1Cc3ccccc3[C@@H]21. The van der Waals surface area contributed by atoms with Crippen LogP contribution in [0.3, 0.4) is 0 Å². The van der Waals surface area contributed by atoms with Gasteiger partial charge in [0, 0.05) is 12.0 Å². The third kappa shape index (κ3) is 2.60. The molecule has 0 saturated carbocycles. The van der Waals surface area contributed by atoms with Crippen LogP contribution in [0.15, 0.2) is 66.7 Å². The second-order valence-electron chi connectivity index (χ2n) is 7.56. The van der Waals surface area contributed by atoms with Crippen molar-refractivity contribution in [2.75, 3.05) is 5.32 Å². The van der Waals surface area contributed by atoms with Crippen molar-refractivity contribution in [2.45, 2.75) is 18.4 Å². The monoisotopic (exact) mass is 386 g/mol. The van der Waals surface area contributed by atoms with Crippen LogP contribution in [0.25, 0.3) is 0 Å². The van der Waals surface area contributed by atoms with E-state index in [1.807, 2.05) is 18.2 Å². The Labute approximate surface area is 167 Å². The number of nitrogens with one attached hydrogen (secondary N) is 1.